The molecule has 1 unspecified atom stereocenters. The Kier molecular flexibility index (Phi) is 5.03. The van der Waals surface area contributed by atoms with Crippen molar-refractivity contribution in [2.75, 3.05) is 19.5 Å². The van der Waals surface area contributed by atoms with Crippen LogP contribution in [0, 0.1) is 0 Å². The van der Waals surface area contributed by atoms with Gasteiger partial charge >= 0.3 is 0 Å². The standard InChI is InChI=1S/C10H18N4O/c1-15-5-3-9(14-12)6-8-7-13-4-2-10(8)11/h2,4,7,9,14H,3,5-6,12H2,1H3,(H2,11,13). The van der Waals surface area contributed by atoms with Crippen molar-refractivity contribution in [3.63, 3.8) is 0 Å². The van der Waals surface area contributed by atoms with E-state index in [4.69, 9.17) is 16.3 Å². The molecule has 5 nitrogen and oxygen atoms in total. The molecular formula is C10H18N4O. The summed E-state index contributed by atoms with van der Waals surface area (Å²) < 4.78 is 5.00. The van der Waals surface area contributed by atoms with Crippen molar-refractivity contribution >= 4 is 5.69 Å². The number of methoxy groups -OCH3 is 1. The number of rotatable bonds is 6. The van der Waals surface area contributed by atoms with E-state index in [-0.39, 0.29) is 6.04 Å². The quantitative estimate of drug-likeness (QED) is 0.457. The number of nitrogen functional groups attached to an aromatic ring is 1. The average Bonchev–Trinajstić information content (AvgIpc) is 2.26. The SMILES string of the molecule is COCCC(Cc1cnccc1N)NN. The topological polar surface area (TPSA) is 86.2 Å². The highest BCUT2D eigenvalue weighted by Crippen LogP contribution is 2.12. The highest BCUT2D eigenvalue weighted by atomic mass is 16.5. The van der Waals surface area contributed by atoms with E-state index in [0.717, 1.165) is 24.1 Å². The summed E-state index contributed by atoms with van der Waals surface area (Å²) in [5, 5.41) is 0. The van der Waals surface area contributed by atoms with Crippen molar-refractivity contribution in [2.45, 2.75) is 18.9 Å². The molecule has 0 amide bonds. The summed E-state index contributed by atoms with van der Waals surface area (Å²) >= 11 is 0. The molecule has 1 aromatic heterocycles. The zero-order valence-electron chi connectivity index (χ0n) is 8.94. The van der Waals surface area contributed by atoms with Crippen molar-refractivity contribution in [1.82, 2.24) is 10.4 Å². The van der Waals surface area contributed by atoms with Crippen molar-refractivity contribution < 1.29 is 4.74 Å². The number of hydrazine groups is 1. The summed E-state index contributed by atoms with van der Waals surface area (Å²) in [5.74, 6) is 5.44. The lowest BCUT2D eigenvalue weighted by molar-refractivity contribution is 0.182. The zero-order chi connectivity index (χ0) is 11.1. The molecule has 1 rings (SSSR count). The largest absolute Gasteiger partial charge is 0.398 e. The maximum Gasteiger partial charge on any atom is 0.0477 e. The van der Waals surface area contributed by atoms with Crippen LogP contribution in [0.1, 0.15) is 12.0 Å². The van der Waals surface area contributed by atoms with Gasteiger partial charge in [0.05, 0.1) is 0 Å². The number of ether oxygens (including phenoxy) is 1. The number of nitrogens with zero attached hydrogens (tertiary/aromatic N) is 1. The zero-order valence-corrected chi connectivity index (χ0v) is 8.94. The highest BCUT2D eigenvalue weighted by molar-refractivity contribution is 5.44. The van der Waals surface area contributed by atoms with E-state index >= 15 is 0 Å². The Balaban J connectivity index is 2.54. The minimum atomic E-state index is 0.163. The van der Waals surface area contributed by atoms with E-state index in [1.165, 1.54) is 0 Å². The monoisotopic (exact) mass is 210 g/mol. The molecular weight excluding hydrogens is 192 g/mol. The number of pyridine rings is 1. The lowest BCUT2D eigenvalue weighted by Crippen LogP contribution is -2.37. The van der Waals surface area contributed by atoms with Gasteiger partial charge in [0.1, 0.15) is 0 Å². The van der Waals surface area contributed by atoms with Gasteiger partial charge in [0.25, 0.3) is 0 Å². The van der Waals surface area contributed by atoms with Gasteiger partial charge in [-0.25, -0.2) is 0 Å². The van der Waals surface area contributed by atoms with Gasteiger partial charge in [0.15, 0.2) is 0 Å². The second-order valence-electron chi connectivity index (χ2n) is 3.42. The van der Waals surface area contributed by atoms with Gasteiger partial charge in [-0.15, -0.1) is 0 Å². The molecule has 0 bridgehead atoms. The number of anilines is 1. The number of hydrogen-bond donors (Lipinski definition) is 3. The Morgan fingerprint density at radius 2 is 2.40 bits per heavy atom. The Labute approximate surface area is 89.8 Å². The van der Waals surface area contributed by atoms with Gasteiger partial charge in [-0.1, -0.05) is 0 Å². The fourth-order valence-electron chi connectivity index (χ4n) is 1.38. The summed E-state index contributed by atoms with van der Waals surface area (Å²) in [6.45, 7) is 0.676. The lowest BCUT2D eigenvalue weighted by atomic mass is 10.0. The molecule has 15 heavy (non-hydrogen) atoms. The second kappa shape index (κ2) is 6.34. The number of nitrogens with two attached hydrogens (primary N) is 2. The lowest BCUT2D eigenvalue weighted by Gasteiger charge is -2.16. The maximum atomic E-state index is 5.81. The van der Waals surface area contributed by atoms with E-state index in [1.807, 2.05) is 0 Å². The molecule has 1 atom stereocenters. The van der Waals surface area contributed by atoms with Crippen molar-refractivity contribution in [1.29, 1.82) is 0 Å². The molecule has 1 aromatic rings. The summed E-state index contributed by atoms with van der Waals surface area (Å²) in [6, 6.07) is 1.95. The summed E-state index contributed by atoms with van der Waals surface area (Å²) in [6.07, 6.45) is 5.06. The molecule has 0 fully saturated rings. The van der Waals surface area contributed by atoms with Crippen molar-refractivity contribution in [3.8, 4) is 0 Å². The van der Waals surface area contributed by atoms with Crippen LogP contribution in [0.4, 0.5) is 5.69 Å². The van der Waals surface area contributed by atoms with Crippen LogP contribution in [0.2, 0.25) is 0 Å². The van der Waals surface area contributed by atoms with Gasteiger partial charge in [0, 0.05) is 37.8 Å². The third-order valence-corrected chi connectivity index (χ3v) is 2.31. The van der Waals surface area contributed by atoms with Crippen LogP contribution in [0.25, 0.3) is 0 Å². The van der Waals surface area contributed by atoms with Crippen LogP contribution in [0.5, 0.6) is 0 Å². The Morgan fingerprint density at radius 3 is 3.00 bits per heavy atom. The number of hydrogen-bond acceptors (Lipinski definition) is 5. The molecule has 0 saturated carbocycles. The summed E-state index contributed by atoms with van der Waals surface area (Å²) in [4.78, 5) is 4.03. The summed E-state index contributed by atoms with van der Waals surface area (Å²) in [5.41, 5.74) is 10.3. The Bertz CT molecular complexity index is 293. The van der Waals surface area contributed by atoms with Crippen LogP contribution in [0.15, 0.2) is 18.5 Å². The minimum Gasteiger partial charge on any atom is -0.398 e. The first-order valence-electron chi connectivity index (χ1n) is 4.91. The second-order valence-corrected chi connectivity index (χ2v) is 3.42. The smallest absolute Gasteiger partial charge is 0.0477 e. The van der Waals surface area contributed by atoms with E-state index in [1.54, 1.807) is 25.6 Å². The van der Waals surface area contributed by atoms with Crippen LogP contribution in [-0.2, 0) is 11.2 Å². The predicted octanol–water partition coefficient (Wildman–Crippen LogP) is 0.0747. The van der Waals surface area contributed by atoms with Crippen LogP contribution in [-0.4, -0.2) is 24.7 Å². The normalized spacial score (nSPS) is 12.7. The molecule has 0 spiro atoms. The highest BCUT2D eigenvalue weighted by Gasteiger charge is 2.09. The molecule has 84 valence electrons. The third kappa shape index (κ3) is 3.83. The minimum absolute atomic E-state index is 0.163. The van der Waals surface area contributed by atoms with Gasteiger partial charge < -0.3 is 10.5 Å². The number of nitrogens with one attached hydrogen (secondary N) is 1. The maximum absolute atomic E-state index is 5.81. The molecule has 0 aliphatic heterocycles. The molecule has 0 aromatic carbocycles. The number of aromatic nitrogens is 1. The van der Waals surface area contributed by atoms with Crippen LogP contribution in [0.3, 0.4) is 0 Å². The van der Waals surface area contributed by atoms with Crippen molar-refractivity contribution in [2.24, 2.45) is 5.84 Å². The molecule has 1 heterocycles. The average molecular weight is 210 g/mol. The molecule has 5 N–H and O–H groups in total. The summed E-state index contributed by atoms with van der Waals surface area (Å²) in [7, 11) is 1.67. The third-order valence-electron chi connectivity index (χ3n) is 2.31. The predicted molar refractivity (Wildman–Crippen MR) is 60.0 cm³/mol. The Morgan fingerprint density at radius 1 is 1.60 bits per heavy atom. The molecule has 0 aliphatic rings. The van der Waals surface area contributed by atoms with Gasteiger partial charge in [-0.3, -0.25) is 16.3 Å². The van der Waals surface area contributed by atoms with E-state index in [0.29, 0.717) is 6.61 Å². The first-order chi connectivity index (χ1) is 7.27. The van der Waals surface area contributed by atoms with Crippen LogP contribution < -0.4 is 17.0 Å². The van der Waals surface area contributed by atoms with Crippen LogP contribution >= 0.6 is 0 Å². The van der Waals surface area contributed by atoms with Gasteiger partial charge in [0.2, 0.25) is 0 Å². The first kappa shape index (κ1) is 11.9. The van der Waals surface area contributed by atoms with E-state index in [9.17, 15) is 0 Å². The molecule has 0 saturated heterocycles. The van der Waals surface area contributed by atoms with Gasteiger partial charge in [-0.2, -0.15) is 0 Å². The fraction of sp³-hybridized carbons (Fsp3) is 0.500. The fourth-order valence-corrected chi connectivity index (χ4v) is 1.38. The Hall–Kier alpha value is -1.17. The van der Waals surface area contributed by atoms with E-state index in [2.05, 4.69) is 10.4 Å². The molecule has 5 heteroatoms. The first-order valence-corrected chi connectivity index (χ1v) is 4.91. The van der Waals surface area contributed by atoms with Gasteiger partial charge in [-0.05, 0) is 24.5 Å². The molecule has 0 radical (unpaired) electrons. The van der Waals surface area contributed by atoms with E-state index < -0.39 is 0 Å². The molecule has 0 aliphatic carbocycles. The van der Waals surface area contributed by atoms with Crippen molar-refractivity contribution in [3.05, 3.63) is 24.0 Å².